The second-order valence-corrected chi connectivity index (χ2v) is 7.76. The molecule has 27 heavy (non-hydrogen) atoms. The van der Waals surface area contributed by atoms with Crippen LogP contribution in [0.1, 0.15) is 16.1 Å². The lowest BCUT2D eigenvalue weighted by Gasteiger charge is -2.09. The molecule has 1 amide bonds. The molecule has 0 saturated heterocycles. The van der Waals surface area contributed by atoms with E-state index in [2.05, 4.69) is 15.4 Å². The molecule has 136 valence electrons. The Labute approximate surface area is 164 Å². The fourth-order valence-electron chi connectivity index (χ4n) is 2.95. The van der Waals surface area contributed by atoms with Gasteiger partial charge in [-0.05, 0) is 42.8 Å². The molecule has 0 spiro atoms. The van der Waals surface area contributed by atoms with Crippen molar-refractivity contribution in [2.45, 2.75) is 11.9 Å². The molecule has 6 nitrogen and oxygen atoms in total. The molecule has 0 atom stereocenters. The molecule has 0 aliphatic heterocycles. The SMILES string of the molecule is CSc1ccc(NC(=O)c2cc(-c3cccs3)nc3c2c(C)nn3C)cn1. The predicted molar refractivity (Wildman–Crippen MR) is 111 cm³/mol. The number of aromatic nitrogens is 4. The van der Waals surface area contributed by atoms with Crippen LogP contribution in [0.15, 0.2) is 46.9 Å². The topological polar surface area (TPSA) is 72.7 Å². The number of rotatable bonds is 4. The number of carbonyl (C=O) groups is 1. The molecule has 0 radical (unpaired) electrons. The van der Waals surface area contributed by atoms with Gasteiger partial charge in [0.15, 0.2) is 5.65 Å². The summed E-state index contributed by atoms with van der Waals surface area (Å²) in [6.45, 7) is 1.89. The maximum atomic E-state index is 13.1. The molecular weight excluding hydrogens is 378 g/mol. The van der Waals surface area contributed by atoms with Gasteiger partial charge in [-0.25, -0.2) is 9.97 Å². The third kappa shape index (κ3) is 3.33. The van der Waals surface area contributed by atoms with Crippen LogP contribution in [-0.2, 0) is 7.05 Å². The van der Waals surface area contributed by atoms with Crippen molar-refractivity contribution in [2.24, 2.45) is 7.05 Å². The number of thioether (sulfide) groups is 1. The summed E-state index contributed by atoms with van der Waals surface area (Å²) in [5.41, 5.74) is 3.45. The average molecular weight is 396 g/mol. The van der Waals surface area contributed by atoms with Crippen LogP contribution in [0.3, 0.4) is 0 Å². The number of carbonyl (C=O) groups excluding carboxylic acids is 1. The van der Waals surface area contributed by atoms with Gasteiger partial charge in [0.2, 0.25) is 0 Å². The minimum absolute atomic E-state index is 0.199. The van der Waals surface area contributed by atoms with Crippen molar-refractivity contribution in [1.82, 2.24) is 19.7 Å². The summed E-state index contributed by atoms with van der Waals surface area (Å²) in [4.78, 5) is 23.1. The van der Waals surface area contributed by atoms with Crippen molar-refractivity contribution >= 4 is 45.7 Å². The van der Waals surface area contributed by atoms with E-state index in [9.17, 15) is 4.79 Å². The van der Waals surface area contributed by atoms with Crippen LogP contribution in [0, 0.1) is 6.92 Å². The maximum Gasteiger partial charge on any atom is 0.256 e. The van der Waals surface area contributed by atoms with Crippen LogP contribution >= 0.6 is 23.1 Å². The van der Waals surface area contributed by atoms with E-state index in [1.165, 1.54) is 0 Å². The van der Waals surface area contributed by atoms with Gasteiger partial charge in [0.1, 0.15) is 0 Å². The molecule has 0 aromatic carbocycles. The zero-order chi connectivity index (χ0) is 19.0. The van der Waals surface area contributed by atoms with Gasteiger partial charge in [-0.3, -0.25) is 9.48 Å². The lowest BCUT2D eigenvalue weighted by molar-refractivity contribution is 0.102. The second kappa shape index (κ2) is 7.13. The molecule has 8 heteroatoms. The summed E-state index contributed by atoms with van der Waals surface area (Å²) in [5.74, 6) is -0.199. The zero-order valence-corrected chi connectivity index (χ0v) is 16.7. The smallest absolute Gasteiger partial charge is 0.256 e. The van der Waals surface area contributed by atoms with E-state index in [0.29, 0.717) is 16.9 Å². The number of hydrogen-bond donors (Lipinski definition) is 1. The Bertz CT molecular complexity index is 1120. The molecule has 4 aromatic rings. The number of thiophene rings is 1. The average Bonchev–Trinajstić information content (AvgIpc) is 3.30. The Morgan fingerprint density at radius 1 is 1.30 bits per heavy atom. The Kier molecular flexibility index (Phi) is 4.67. The Balaban J connectivity index is 1.79. The van der Waals surface area contributed by atoms with Gasteiger partial charge in [0.05, 0.1) is 44.1 Å². The molecule has 0 saturated carbocycles. The van der Waals surface area contributed by atoms with Gasteiger partial charge in [-0.2, -0.15) is 5.10 Å². The van der Waals surface area contributed by atoms with E-state index in [4.69, 9.17) is 4.98 Å². The third-order valence-electron chi connectivity index (χ3n) is 4.19. The van der Waals surface area contributed by atoms with Crippen molar-refractivity contribution in [1.29, 1.82) is 0 Å². The van der Waals surface area contributed by atoms with Gasteiger partial charge in [0, 0.05) is 7.05 Å². The van der Waals surface area contributed by atoms with Crippen LogP contribution in [0.4, 0.5) is 5.69 Å². The Morgan fingerprint density at radius 2 is 2.15 bits per heavy atom. The first kappa shape index (κ1) is 17.7. The standard InChI is InChI=1S/C19H17N5OS2/c1-11-17-13(19(25)21-12-6-7-16(26-3)20-10-12)9-14(15-5-4-8-27-15)22-18(17)24(2)23-11/h4-10H,1-3H3,(H,21,25). The van der Waals surface area contributed by atoms with Crippen molar-refractivity contribution in [3.63, 3.8) is 0 Å². The van der Waals surface area contributed by atoms with Crippen molar-refractivity contribution in [2.75, 3.05) is 11.6 Å². The largest absolute Gasteiger partial charge is 0.321 e. The normalized spacial score (nSPS) is 11.1. The van der Waals surface area contributed by atoms with Crippen LogP contribution in [0.25, 0.3) is 21.6 Å². The maximum absolute atomic E-state index is 13.1. The number of hydrogen-bond acceptors (Lipinski definition) is 6. The highest BCUT2D eigenvalue weighted by atomic mass is 32.2. The van der Waals surface area contributed by atoms with E-state index >= 15 is 0 Å². The first-order valence-electron chi connectivity index (χ1n) is 8.26. The van der Waals surface area contributed by atoms with Crippen molar-refractivity contribution in [3.05, 3.63) is 53.2 Å². The summed E-state index contributed by atoms with van der Waals surface area (Å²) < 4.78 is 1.72. The number of amides is 1. The summed E-state index contributed by atoms with van der Waals surface area (Å²) in [6.07, 6.45) is 3.63. The number of nitrogens with zero attached hydrogens (tertiary/aromatic N) is 4. The molecule has 4 rings (SSSR count). The number of pyridine rings is 2. The monoisotopic (exact) mass is 395 g/mol. The number of anilines is 1. The summed E-state index contributed by atoms with van der Waals surface area (Å²) in [7, 11) is 1.84. The molecule has 4 aromatic heterocycles. The van der Waals surface area contributed by atoms with Crippen molar-refractivity contribution < 1.29 is 4.79 Å². The van der Waals surface area contributed by atoms with Gasteiger partial charge in [0.25, 0.3) is 5.91 Å². The third-order valence-corrected chi connectivity index (χ3v) is 5.74. The Hall–Kier alpha value is -2.71. The summed E-state index contributed by atoms with van der Waals surface area (Å²) in [5, 5.41) is 11.1. The lowest BCUT2D eigenvalue weighted by atomic mass is 10.1. The van der Waals surface area contributed by atoms with Crippen LogP contribution in [0.2, 0.25) is 0 Å². The molecule has 0 unspecified atom stereocenters. The van der Waals surface area contributed by atoms with E-state index in [0.717, 1.165) is 26.7 Å². The first-order valence-corrected chi connectivity index (χ1v) is 10.4. The highest BCUT2D eigenvalue weighted by molar-refractivity contribution is 7.98. The minimum atomic E-state index is -0.199. The summed E-state index contributed by atoms with van der Waals surface area (Å²) >= 11 is 3.15. The molecule has 0 fully saturated rings. The van der Waals surface area contributed by atoms with Crippen LogP contribution < -0.4 is 5.32 Å². The molecule has 1 N–H and O–H groups in total. The van der Waals surface area contributed by atoms with Gasteiger partial charge in [-0.1, -0.05) is 6.07 Å². The van der Waals surface area contributed by atoms with Gasteiger partial charge >= 0.3 is 0 Å². The highest BCUT2D eigenvalue weighted by Gasteiger charge is 2.19. The molecule has 0 aliphatic rings. The predicted octanol–water partition coefficient (Wildman–Crippen LogP) is 4.37. The highest BCUT2D eigenvalue weighted by Crippen LogP contribution is 2.29. The quantitative estimate of drug-likeness (QED) is 0.519. The fourth-order valence-corrected chi connectivity index (χ4v) is 4.00. The lowest BCUT2D eigenvalue weighted by Crippen LogP contribution is -2.13. The van der Waals surface area contributed by atoms with Gasteiger partial charge in [-0.15, -0.1) is 23.1 Å². The number of fused-ring (bicyclic) bond motifs is 1. The van der Waals surface area contributed by atoms with E-state index in [1.807, 2.05) is 55.9 Å². The van der Waals surface area contributed by atoms with Crippen LogP contribution in [0.5, 0.6) is 0 Å². The number of aryl methyl sites for hydroxylation is 2. The zero-order valence-electron chi connectivity index (χ0n) is 15.1. The second-order valence-electron chi connectivity index (χ2n) is 5.98. The number of nitrogens with one attached hydrogen (secondary N) is 1. The fraction of sp³-hybridized carbons (Fsp3) is 0.158. The van der Waals surface area contributed by atoms with E-state index < -0.39 is 0 Å². The van der Waals surface area contributed by atoms with E-state index in [1.54, 1.807) is 34.0 Å². The van der Waals surface area contributed by atoms with Gasteiger partial charge < -0.3 is 5.32 Å². The molecule has 4 heterocycles. The Morgan fingerprint density at radius 3 is 2.81 bits per heavy atom. The molecule has 0 aliphatic carbocycles. The first-order chi connectivity index (χ1) is 13.1. The van der Waals surface area contributed by atoms with E-state index in [-0.39, 0.29) is 5.91 Å². The summed E-state index contributed by atoms with van der Waals surface area (Å²) in [6, 6.07) is 9.54. The van der Waals surface area contributed by atoms with Crippen LogP contribution in [-0.4, -0.2) is 31.9 Å². The minimum Gasteiger partial charge on any atom is -0.321 e. The van der Waals surface area contributed by atoms with Crippen molar-refractivity contribution in [3.8, 4) is 10.6 Å². The molecular formula is C19H17N5OS2. The molecule has 0 bridgehead atoms.